The third-order valence-electron chi connectivity index (χ3n) is 3.36. The van der Waals surface area contributed by atoms with Crippen LogP contribution in [0.15, 0.2) is 48.5 Å². The molecule has 0 spiro atoms. The number of hydrogen-bond donors (Lipinski definition) is 1. The summed E-state index contributed by atoms with van der Waals surface area (Å²) in [6, 6.07) is 14.8. The van der Waals surface area contributed by atoms with Crippen LogP contribution >= 0.6 is 0 Å². The number of aryl methyl sites for hydroxylation is 1. The third kappa shape index (κ3) is 5.83. The van der Waals surface area contributed by atoms with Gasteiger partial charge in [0.2, 0.25) is 0 Å². The Bertz CT molecular complexity index is 637. The number of hydrogen-bond acceptors (Lipinski definition) is 4. The van der Waals surface area contributed by atoms with Gasteiger partial charge in [0, 0.05) is 0 Å². The highest BCUT2D eigenvalue weighted by Gasteiger charge is 2.09. The van der Waals surface area contributed by atoms with E-state index in [-0.39, 0.29) is 18.6 Å². The minimum absolute atomic E-state index is 0.0179. The lowest BCUT2D eigenvalue weighted by molar-refractivity contribution is -0.123. The smallest absolute Gasteiger partial charge is 0.258 e. The van der Waals surface area contributed by atoms with Gasteiger partial charge < -0.3 is 19.5 Å². The molecule has 0 saturated carbocycles. The third-order valence-corrected chi connectivity index (χ3v) is 3.36. The SMILES string of the molecule is COc1ccc(OC[C@H](C)NC(=O)COc2ccc(C)cc2)cc1. The molecule has 0 radical (unpaired) electrons. The van der Waals surface area contributed by atoms with E-state index >= 15 is 0 Å². The minimum Gasteiger partial charge on any atom is -0.497 e. The van der Waals surface area contributed by atoms with E-state index in [9.17, 15) is 4.79 Å². The lowest BCUT2D eigenvalue weighted by Crippen LogP contribution is -2.39. The number of carbonyl (C=O) groups is 1. The van der Waals surface area contributed by atoms with Crippen LogP contribution < -0.4 is 19.5 Å². The zero-order valence-electron chi connectivity index (χ0n) is 14.2. The monoisotopic (exact) mass is 329 g/mol. The number of ether oxygens (including phenoxy) is 3. The van der Waals surface area contributed by atoms with Gasteiger partial charge in [0.1, 0.15) is 23.9 Å². The predicted octanol–water partition coefficient (Wildman–Crippen LogP) is 2.97. The molecule has 5 nitrogen and oxygen atoms in total. The van der Waals surface area contributed by atoms with Crippen LogP contribution in [0.4, 0.5) is 0 Å². The van der Waals surface area contributed by atoms with Crippen molar-refractivity contribution in [2.24, 2.45) is 0 Å². The van der Waals surface area contributed by atoms with Gasteiger partial charge in [0.15, 0.2) is 6.61 Å². The molecule has 0 aliphatic heterocycles. The van der Waals surface area contributed by atoms with Crippen molar-refractivity contribution in [2.75, 3.05) is 20.3 Å². The quantitative estimate of drug-likeness (QED) is 0.809. The molecule has 24 heavy (non-hydrogen) atoms. The molecule has 0 heterocycles. The van der Waals surface area contributed by atoms with E-state index in [2.05, 4.69) is 5.32 Å². The van der Waals surface area contributed by atoms with Crippen LogP contribution in [0.25, 0.3) is 0 Å². The van der Waals surface area contributed by atoms with Crippen LogP contribution in [0.3, 0.4) is 0 Å². The summed E-state index contributed by atoms with van der Waals surface area (Å²) in [6.07, 6.45) is 0. The van der Waals surface area contributed by atoms with Gasteiger partial charge in [-0.25, -0.2) is 0 Å². The van der Waals surface area contributed by atoms with Gasteiger partial charge in [-0.2, -0.15) is 0 Å². The lowest BCUT2D eigenvalue weighted by Gasteiger charge is -2.15. The molecule has 2 aromatic rings. The average molecular weight is 329 g/mol. The average Bonchev–Trinajstić information content (AvgIpc) is 2.60. The van der Waals surface area contributed by atoms with Gasteiger partial charge >= 0.3 is 0 Å². The first-order valence-electron chi connectivity index (χ1n) is 7.82. The predicted molar refractivity (Wildman–Crippen MR) is 92.8 cm³/mol. The standard InChI is InChI=1S/C19H23NO4/c1-14-4-6-17(7-5-14)24-13-19(21)20-15(2)12-23-18-10-8-16(22-3)9-11-18/h4-11,15H,12-13H2,1-3H3,(H,20,21)/t15-/m0/s1. The Morgan fingerprint density at radius 1 is 0.958 bits per heavy atom. The Morgan fingerprint density at radius 3 is 2.12 bits per heavy atom. The van der Waals surface area contributed by atoms with E-state index in [1.807, 2.05) is 62.4 Å². The Hall–Kier alpha value is -2.69. The van der Waals surface area contributed by atoms with Gasteiger partial charge in [0.05, 0.1) is 13.2 Å². The molecule has 0 saturated heterocycles. The number of amides is 1. The first-order chi connectivity index (χ1) is 11.6. The fraction of sp³-hybridized carbons (Fsp3) is 0.316. The fourth-order valence-corrected chi connectivity index (χ4v) is 2.03. The van der Waals surface area contributed by atoms with E-state index in [1.54, 1.807) is 7.11 Å². The van der Waals surface area contributed by atoms with Gasteiger partial charge in [-0.05, 0) is 50.2 Å². The molecule has 5 heteroatoms. The van der Waals surface area contributed by atoms with Crippen LogP contribution in [0.5, 0.6) is 17.2 Å². The first-order valence-corrected chi connectivity index (χ1v) is 7.82. The summed E-state index contributed by atoms with van der Waals surface area (Å²) >= 11 is 0. The molecule has 1 atom stereocenters. The van der Waals surface area contributed by atoms with Crippen molar-refractivity contribution < 1.29 is 19.0 Å². The molecule has 0 aliphatic rings. The maximum atomic E-state index is 11.9. The topological polar surface area (TPSA) is 56.8 Å². The second-order valence-corrected chi connectivity index (χ2v) is 5.56. The Kier molecular flexibility index (Phi) is 6.49. The summed E-state index contributed by atoms with van der Waals surface area (Å²) in [5, 5.41) is 2.84. The van der Waals surface area contributed by atoms with Crippen LogP contribution in [-0.4, -0.2) is 32.3 Å². The summed E-state index contributed by atoms with van der Waals surface area (Å²) in [5.74, 6) is 2.00. The van der Waals surface area contributed by atoms with Crippen LogP contribution in [0.2, 0.25) is 0 Å². The van der Waals surface area contributed by atoms with Gasteiger partial charge in [-0.1, -0.05) is 17.7 Å². The Labute approximate surface area is 142 Å². The number of carbonyl (C=O) groups excluding carboxylic acids is 1. The Balaban J connectivity index is 1.69. The summed E-state index contributed by atoms with van der Waals surface area (Å²) < 4.78 is 16.2. The highest BCUT2D eigenvalue weighted by atomic mass is 16.5. The molecule has 0 aliphatic carbocycles. The summed E-state index contributed by atoms with van der Waals surface area (Å²) in [5.41, 5.74) is 1.15. The lowest BCUT2D eigenvalue weighted by atomic mass is 10.2. The van der Waals surface area contributed by atoms with Crippen molar-refractivity contribution in [2.45, 2.75) is 19.9 Å². The molecular formula is C19H23NO4. The summed E-state index contributed by atoms with van der Waals surface area (Å²) in [6.45, 7) is 4.24. The van der Waals surface area contributed by atoms with Crippen molar-refractivity contribution in [1.82, 2.24) is 5.32 Å². The van der Waals surface area contributed by atoms with Crippen molar-refractivity contribution in [1.29, 1.82) is 0 Å². The molecule has 0 bridgehead atoms. The van der Waals surface area contributed by atoms with Crippen molar-refractivity contribution in [3.05, 3.63) is 54.1 Å². The molecule has 2 rings (SSSR count). The van der Waals surface area contributed by atoms with Gasteiger partial charge in [-0.15, -0.1) is 0 Å². The summed E-state index contributed by atoms with van der Waals surface area (Å²) in [4.78, 5) is 11.9. The largest absolute Gasteiger partial charge is 0.497 e. The van der Waals surface area contributed by atoms with Gasteiger partial charge in [0.25, 0.3) is 5.91 Å². The van der Waals surface area contributed by atoms with E-state index < -0.39 is 0 Å². The number of benzene rings is 2. The minimum atomic E-state index is -0.179. The molecule has 1 N–H and O–H groups in total. The van der Waals surface area contributed by atoms with E-state index in [4.69, 9.17) is 14.2 Å². The molecule has 0 fully saturated rings. The van der Waals surface area contributed by atoms with E-state index in [1.165, 1.54) is 0 Å². The zero-order valence-corrected chi connectivity index (χ0v) is 14.2. The first kappa shape index (κ1) is 17.7. The Morgan fingerprint density at radius 2 is 1.50 bits per heavy atom. The second-order valence-electron chi connectivity index (χ2n) is 5.56. The van der Waals surface area contributed by atoms with Gasteiger partial charge in [-0.3, -0.25) is 4.79 Å². The second kappa shape index (κ2) is 8.82. The summed E-state index contributed by atoms with van der Waals surface area (Å²) in [7, 11) is 1.62. The zero-order chi connectivity index (χ0) is 17.4. The van der Waals surface area contributed by atoms with E-state index in [0.29, 0.717) is 12.4 Å². The van der Waals surface area contributed by atoms with Crippen molar-refractivity contribution in [3.8, 4) is 17.2 Å². The molecular weight excluding hydrogens is 306 g/mol. The molecule has 0 unspecified atom stereocenters. The number of methoxy groups -OCH3 is 1. The highest BCUT2D eigenvalue weighted by Crippen LogP contribution is 2.17. The maximum absolute atomic E-state index is 11.9. The molecule has 128 valence electrons. The number of rotatable bonds is 8. The van der Waals surface area contributed by atoms with Crippen molar-refractivity contribution in [3.63, 3.8) is 0 Å². The normalized spacial score (nSPS) is 11.5. The van der Waals surface area contributed by atoms with Crippen LogP contribution in [0.1, 0.15) is 12.5 Å². The maximum Gasteiger partial charge on any atom is 0.258 e. The van der Waals surface area contributed by atoms with Crippen LogP contribution in [-0.2, 0) is 4.79 Å². The molecule has 1 amide bonds. The van der Waals surface area contributed by atoms with E-state index in [0.717, 1.165) is 17.1 Å². The van der Waals surface area contributed by atoms with Crippen LogP contribution in [0, 0.1) is 6.92 Å². The number of nitrogens with one attached hydrogen (secondary N) is 1. The highest BCUT2D eigenvalue weighted by molar-refractivity contribution is 5.77. The van der Waals surface area contributed by atoms with Crippen molar-refractivity contribution >= 4 is 5.91 Å². The molecule has 0 aromatic heterocycles. The molecule has 2 aromatic carbocycles. The fourth-order valence-electron chi connectivity index (χ4n) is 2.03.